The summed E-state index contributed by atoms with van der Waals surface area (Å²) in [6.45, 7) is 5.37. The third-order valence-corrected chi connectivity index (χ3v) is 8.17. The lowest BCUT2D eigenvalue weighted by Crippen LogP contribution is -2.59. The molecule has 2 atom stereocenters. The lowest BCUT2D eigenvalue weighted by Gasteiger charge is -2.41. The van der Waals surface area contributed by atoms with E-state index in [0.29, 0.717) is 26.1 Å². The van der Waals surface area contributed by atoms with Crippen LogP contribution in [-0.4, -0.2) is 61.7 Å². The summed E-state index contributed by atoms with van der Waals surface area (Å²) in [5.74, 6) is -0.131. The molecule has 1 N–H and O–H groups in total. The quantitative estimate of drug-likeness (QED) is 0.435. The summed E-state index contributed by atoms with van der Waals surface area (Å²) < 4.78 is 28.8. The van der Waals surface area contributed by atoms with Crippen LogP contribution in [0.3, 0.4) is 0 Å². The Morgan fingerprint density at radius 1 is 0.944 bits per heavy atom. The van der Waals surface area contributed by atoms with Crippen molar-refractivity contribution in [2.75, 3.05) is 19.6 Å². The number of hydrogen-bond acceptors (Lipinski definition) is 4. The summed E-state index contributed by atoms with van der Waals surface area (Å²) >= 11 is 0. The summed E-state index contributed by atoms with van der Waals surface area (Å²) in [6.07, 6.45) is 6.27. The molecule has 0 saturated carbocycles. The maximum Gasteiger partial charge on any atom is 0.241 e. The molecular formula is C28H39N3O4S. The molecule has 0 aromatic heterocycles. The van der Waals surface area contributed by atoms with E-state index in [0.717, 1.165) is 24.8 Å². The summed E-state index contributed by atoms with van der Waals surface area (Å²) in [5, 5.41) is 0. The number of benzene rings is 2. The second-order valence-corrected chi connectivity index (χ2v) is 11.3. The number of nitrogens with one attached hydrogen (secondary N) is 1. The van der Waals surface area contributed by atoms with Gasteiger partial charge in [-0.2, -0.15) is 4.72 Å². The van der Waals surface area contributed by atoms with Crippen molar-refractivity contribution in [1.29, 1.82) is 0 Å². The average Bonchev–Trinajstić information content (AvgIpc) is 2.88. The first-order chi connectivity index (χ1) is 17.3. The number of carbonyl (C=O) groups is 2. The molecule has 36 heavy (non-hydrogen) atoms. The van der Waals surface area contributed by atoms with E-state index in [2.05, 4.69) is 11.6 Å². The number of hydrogen-bond donors (Lipinski definition) is 1. The zero-order valence-corrected chi connectivity index (χ0v) is 22.3. The lowest BCUT2D eigenvalue weighted by atomic mass is 10.0. The van der Waals surface area contributed by atoms with Crippen LogP contribution in [0.15, 0.2) is 65.6 Å². The highest BCUT2D eigenvalue weighted by atomic mass is 32.2. The standard InChI is InChI=1S/C28H39N3O4S/c1-3-4-5-6-13-18-27(32)31-20-19-30(22-23(31)2)28(33)26(21-24-14-9-7-10-15-24)29-36(34,35)25-16-11-8-12-17-25/h7-12,14-17,23,26,29H,3-6,13,18-22H2,1-2H3. The molecule has 1 aliphatic heterocycles. The molecule has 2 aromatic carbocycles. The number of nitrogens with zero attached hydrogens (tertiary/aromatic N) is 2. The summed E-state index contributed by atoms with van der Waals surface area (Å²) in [6, 6.07) is 16.4. The summed E-state index contributed by atoms with van der Waals surface area (Å²) in [4.78, 5) is 30.0. The number of piperazine rings is 1. The second kappa shape index (κ2) is 13.6. The van der Waals surface area contributed by atoms with Crippen LogP contribution in [0.2, 0.25) is 0 Å². The largest absolute Gasteiger partial charge is 0.337 e. The second-order valence-electron chi connectivity index (χ2n) is 9.56. The summed E-state index contributed by atoms with van der Waals surface area (Å²) in [5.41, 5.74) is 0.872. The predicted molar refractivity (Wildman–Crippen MR) is 142 cm³/mol. The van der Waals surface area contributed by atoms with Gasteiger partial charge in [-0.25, -0.2) is 8.42 Å². The molecule has 3 rings (SSSR count). The van der Waals surface area contributed by atoms with E-state index in [-0.39, 0.29) is 29.2 Å². The van der Waals surface area contributed by atoms with Crippen molar-refractivity contribution in [3.05, 3.63) is 66.2 Å². The van der Waals surface area contributed by atoms with Crippen LogP contribution in [0, 0.1) is 0 Å². The number of carbonyl (C=O) groups excluding carboxylic acids is 2. The molecule has 7 nitrogen and oxygen atoms in total. The first-order valence-electron chi connectivity index (χ1n) is 13.0. The van der Waals surface area contributed by atoms with E-state index in [9.17, 15) is 18.0 Å². The topological polar surface area (TPSA) is 86.8 Å². The molecule has 0 aliphatic carbocycles. The molecule has 8 heteroatoms. The number of unbranched alkanes of at least 4 members (excludes halogenated alkanes) is 4. The molecule has 0 spiro atoms. The Hall–Kier alpha value is -2.71. The van der Waals surface area contributed by atoms with E-state index in [1.54, 1.807) is 23.1 Å². The van der Waals surface area contributed by atoms with E-state index in [1.165, 1.54) is 25.0 Å². The fraction of sp³-hybridized carbons (Fsp3) is 0.500. The van der Waals surface area contributed by atoms with Crippen molar-refractivity contribution < 1.29 is 18.0 Å². The Morgan fingerprint density at radius 2 is 1.58 bits per heavy atom. The monoisotopic (exact) mass is 513 g/mol. The maximum absolute atomic E-state index is 13.6. The van der Waals surface area contributed by atoms with Crippen molar-refractivity contribution in [3.63, 3.8) is 0 Å². The van der Waals surface area contributed by atoms with E-state index in [4.69, 9.17) is 0 Å². The molecule has 1 fully saturated rings. The highest BCUT2D eigenvalue weighted by Crippen LogP contribution is 2.17. The molecule has 1 heterocycles. The van der Waals surface area contributed by atoms with Crippen molar-refractivity contribution >= 4 is 21.8 Å². The third kappa shape index (κ3) is 7.90. The van der Waals surface area contributed by atoms with Gasteiger partial charge in [-0.1, -0.05) is 81.1 Å². The van der Waals surface area contributed by atoms with Crippen LogP contribution in [-0.2, 0) is 26.0 Å². The highest BCUT2D eigenvalue weighted by Gasteiger charge is 2.34. The zero-order chi connectivity index (χ0) is 26.0. The number of sulfonamides is 1. The number of amides is 2. The zero-order valence-electron chi connectivity index (χ0n) is 21.4. The van der Waals surface area contributed by atoms with Crippen LogP contribution >= 0.6 is 0 Å². The third-order valence-electron chi connectivity index (χ3n) is 6.69. The first-order valence-corrected chi connectivity index (χ1v) is 14.5. The van der Waals surface area contributed by atoms with Crippen LogP contribution in [0.1, 0.15) is 57.9 Å². The van der Waals surface area contributed by atoms with Crippen LogP contribution in [0.5, 0.6) is 0 Å². The normalized spacial score (nSPS) is 17.1. The van der Waals surface area contributed by atoms with Crippen molar-refractivity contribution in [3.8, 4) is 0 Å². The maximum atomic E-state index is 13.6. The molecular weight excluding hydrogens is 474 g/mol. The smallest absolute Gasteiger partial charge is 0.241 e. The molecule has 1 saturated heterocycles. The van der Waals surface area contributed by atoms with E-state index < -0.39 is 16.1 Å². The Bertz CT molecular complexity index is 1080. The highest BCUT2D eigenvalue weighted by molar-refractivity contribution is 7.89. The first kappa shape index (κ1) is 27.9. The van der Waals surface area contributed by atoms with Gasteiger partial charge in [0.1, 0.15) is 6.04 Å². The fourth-order valence-corrected chi connectivity index (χ4v) is 5.87. The van der Waals surface area contributed by atoms with E-state index in [1.807, 2.05) is 42.2 Å². The molecule has 2 amide bonds. The summed E-state index contributed by atoms with van der Waals surface area (Å²) in [7, 11) is -3.88. The minimum atomic E-state index is -3.88. The molecule has 1 aliphatic rings. The van der Waals surface area contributed by atoms with Gasteiger partial charge in [0.25, 0.3) is 0 Å². The minimum absolute atomic E-state index is 0.117. The van der Waals surface area contributed by atoms with Gasteiger partial charge in [-0.3, -0.25) is 9.59 Å². The van der Waals surface area contributed by atoms with Gasteiger partial charge in [0.15, 0.2) is 0 Å². The van der Waals surface area contributed by atoms with Crippen LogP contribution in [0.4, 0.5) is 0 Å². The van der Waals surface area contributed by atoms with Crippen molar-refractivity contribution in [2.24, 2.45) is 0 Å². The van der Waals surface area contributed by atoms with Gasteiger partial charge in [0.05, 0.1) is 4.90 Å². The van der Waals surface area contributed by atoms with Gasteiger partial charge in [0.2, 0.25) is 21.8 Å². The lowest BCUT2D eigenvalue weighted by molar-refractivity contribution is -0.143. The van der Waals surface area contributed by atoms with Crippen LogP contribution in [0.25, 0.3) is 0 Å². The van der Waals surface area contributed by atoms with Gasteiger partial charge >= 0.3 is 0 Å². The molecule has 0 radical (unpaired) electrons. The Morgan fingerprint density at radius 3 is 2.22 bits per heavy atom. The van der Waals surface area contributed by atoms with Crippen LogP contribution < -0.4 is 4.72 Å². The van der Waals surface area contributed by atoms with Crippen molar-refractivity contribution in [2.45, 2.75) is 75.8 Å². The SMILES string of the molecule is CCCCCCCC(=O)N1CCN(C(=O)C(Cc2ccccc2)NS(=O)(=O)c2ccccc2)CC1C. The predicted octanol–water partition coefficient (Wildman–Crippen LogP) is 4.00. The van der Waals surface area contributed by atoms with E-state index >= 15 is 0 Å². The Labute approximate surface area is 215 Å². The minimum Gasteiger partial charge on any atom is -0.337 e. The van der Waals surface area contributed by atoms with Gasteiger partial charge in [-0.15, -0.1) is 0 Å². The molecule has 0 bridgehead atoms. The Kier molecular flexibility index (Phi) is 10.5. The van der Waals surface area contributed by atoms with Gasteiger partial charge in [-0.05, 0) is 37.5 Å². The molecule has 2 aromatic rings. The molecule has 196 valence electrons. The van der Waals surface area contributed by atoms with Gasteiger partial charge < -0.3 is 9.80 Å². The van der Waals surface area contributed by atoms with Gasteiger partial charge in [0, 0.05) is 32.1 Å². The average molecular weight is 514 g/mol. The fourth-order valence-electron chi connectivity index (χ4n) is 4.66. The molecule has 2 unspecified atom stereocenters. The number of rotatable bonds is 12. The van der Waals surface area contributed by atoms with Crippen molar-refractivity contribution in [1.82, 2.24) is 14.5 Å². The Balaban J connectivity index is 1.67.